The number of hydrogen-bond donors (Lipinski definition) is 0. The summed E-state index contributed by atoms with van der Waals surface area (Å²) in [5.41, 5.74) is 1.86. The second kappa shape index (κ2) is 7.70. The summed E-state index contributed by atoms with van der Waals surface area (Å²) in [5, 5.41) is 9.31. The lowest BCUT2D eigenvalue weighted by molar-refractivity contribution is 0.102. The lowest BCUT2D eigenvalue weighted by Gasteiger charge is -2.10. The number of furan rings is 1. The number of benzene rings is 1. The van der Waals surface area contributed by atoms with E-state index in [-0.39, 0.29) is 11.7 Å². The standard InChI is InChI=1S/C19H21N3O2S/c1-13(2)18-20-21-19(22(18)11-16-5-4-10-24-16)25-12-17(23)15-8-6-14(3)7-9-15/h4-10,13H,11-12H2,1-3H3. The molecule has 0 saturated carbocycles. The molecule has 0 aliphatic carbocycles. The maximum atomic E-state index is 12.4. The highest BCUT2D eigenvalue weighted by molar-refractivity contribution is 7.99. The maximum absolute atomic E-state index is 12.4. The van der Waals surface area contributed by atoms with E-state index in [4.69, 9.17) is 4.42 Å². The predicted molar refractivity (Wildman–Crippen MR) is 98.2 cm³/mol. The van der Waals surface area contributed by atoms with Gasteiger partial charge in [0.25, 0.3) is 0 Å². The van der Waals surface area contributed by atoms with Crippen LogP contribution in [0.2, 0.25) is 0 Å². The first-order valence-corrected chi connectivity index (χ1v) is 9.21. The van der Waals surface area contributed by atoms with E-state index in [0.29, 0.717) is 12.3 Å². The second-order valence-corrected chi connectivity index (χ2v) is 7.18. The third kappa shape index (κ3) is 4.20. The summed E-state index contributed by atoms with van der Waals surface area (Å²) in [7, 11) is 0. The van der Waals surface area contributed by atoms with Gasteiger partial charge in [0.2, 0.25) is 0 Å². The summed E-state index contributed by atoms with van der Waals surface area (Å²) < 4.78 is 7.47. The molecular weight excluding hydrogens is 334 g/mol. The van der Waals surface area contributed by atoms with E-state index in [1.54, 1.807) is 6.26 Å². The lowest BCUT2D eigenvalue weighted by atomic mass is 10.1. The van der Waals surface area contributed by atoms with Crippen molar-refractivity contribution >= 4 is 17.5 Å². The number of rotatable bonds is 7. The van der Waals surface area contributed by atoms with Crippen LogP contribution in [-0.4, -0.2) is 26.3 Å². The van der Waals surface area contributed by atoms with Gasteiger partial charge in [-0.1, -0.05) is 55.4 Å². The zero-order valence-electron chi connectivity index (χ0n) is 14.6. The first-order chi connectivity index (χ1) is 12.0. The molecule has 25 heavy (non-hydrogen) atoms. The molecule has 0 fully saturated rings. The fraction of sp³-hybridized carbons (Fsp3) is 0.316. The topological polar surface area (TPSA) is 60.9 Å². The fourth-order valence-electron chi connectivity index (χ4n) is 2.49. The van der Waals surface area contributed by atoms with E-state index in [2.05, 4.69) is 24.0 Å². The first-order valence-electron chi connectivity index (χ1n) is 8.22. The Morgan fingerprint density at radius 2 is 1.96 bits per heavy atom. The molecule has 0 bridgehead atoms. The van der Waals surface area contributed by atoms with Crippen LogP contribution in [0, 0.1) is 6.92 Å². The van der Waals surface area contributed by atoms with Crippen LogP contribution in [0.15, 0.2) is 52.2 Å². The van der Waals surface area contributed by atoms with Gasteiger partial charge < -0.3 is 4.42 Å². The molecule has 5 nitrogen and oxygen atoms in total. The van der Waals surface area contributed by atoms with Crippen molar-refractivity contribution in [2.24, 2.45) is 0 Å². The average Bonchev–Trinajstić information content (AvgIpc) is 3.24. The van der Waals surface area contributed by atoms with Crippen LogP contribution in [0.4, 0.5) is 0 Å². The van der Waals surface area contributed by atoms with Gasteiger partial charge in [-0.25, -0.2) is 0 Å². The fourth-order valence-corrected chi connectivity index (χ4v) is 3.33. The summed E-state index contributed by atoms with van der Waals surface area (Å²) in [5.74, 6) is 2.39. The largest absolute Gasteiger partial charge is 0.467 e. The minimum Gasteiger partial charge on any atom is -0.467 e. The van der Waals surface area contributed by atoms with Gasteiger partial charge >= 0.3 is 0 Å². The van der Waals surface area contributed by atoms with Crippen LogP contribution in [0.25, 0.3) is 0 Å². The maximum Gasteiger partial charge on any atom is 0.192 e. The van der Waals surface area contributed by atoms with Crippen molar-refractivity contribution < 1.29 is 9.21 Å². The summed E-state index contributed by atoms with van der Waals surface area (Å²) in [6.45, 7) is 6.73. The van der Waals surface area contributed by atoms with E-state index < -0.39 is 0 Å². The Kier molecular flexibility index (Phi) is 5.38. The normalized spacial score (nSPS) is 11.2. The molecular formula is C19H21N3O2S. The number of carbonyl (C=O) groups is 1. The number of ketones is 1. The summed E-state index contributed by atoms with van der Waals surface area (Å²) in [6, 6.07) is 11.4. The van der Waals surface area contributed by atoms with Gasteiger partial charge in [-0.05, 0) is 19.1 Å². The molecule has 1 aromatic carbocycles. The van der Waals surface area contributed by atoms with Crippen LogP contribution in [-0.2, 0) is 6.54 Å². The van der Waals surface area contributed by atoms with Crippen LogP contribution in [0.5, 0.6) is 0 Å². The highest BCUT2D eigenvalue weighted by atomic mass is 32.2. The van der Waals surface area contributed by atoms with Gasteiger partial charge in [0.1, 0.15) is 11.6 Å². The molecule has 3 aromatic rings. The number of aryl methyl sites for hydroxylation is 1. The van der Waals surface area contributed by atoms with Crippen molar-refractivity contribution in [3.05, 3.63) is 65.4 Å². The smallest absolute Gasteiger partial charge is 0.192 e. The number of aromatic nitrogens is 3. The van der Waals surface area contributed by atoms with E-state index in [1.165, 1.54) is 11.8 Å². The third-order valence-electron chi connectivity index (χ3n) is 3.86. The van der Waals surface area contributed by atoms with Crippen molar-refractivity contribution in [3.8, 4) is 0 Å². The molecule has 6 heteroatoms. The Hall–Kier alpha value is -2.34. The van der Waals surface area contributed by atoms with Crippen LogP contribution < -0.4 is 0 Å². The highest BCUT2D eigenvalue weighted by Gasteiger charge is 2.18. The third-order valence-corrected chi connectivity index (χ3v) is 4.83. The molecule has 0 radical (unpaired) electrons. The molecule has 0 aliphatic heterocycles. The van der Waals surface area contributed by atoms with Crippen LogP contribution in [0.1, 0.15) is 47.3 Å². The van der Waals surface area contributed by atoms with Crippen molar-refractivity contribution in [3.63, 3.8) is 0 Å². The molecule has 0 atom stereocenters. The Morgan fingerprint density at radius 1 is 1.20 bits per heavy atom. The summed E-state index contributed by atoms with van der Waals surface area (Å²) in [4.78, 5) is 12.4. The van der Waals surface area contributed by atoms with Gasteiger partial charge in [0.15, 0.2) is 10.9 Å². The van der Waals surface area contributed by atoms with Gasteiger partial charge in [0.05, 0.1) is 18.6 Å². The quantitative estimate of drug-likeness (QED) is 0.466. The Bertz CT molecular complexity index is 836. The number of thioether (sulfide) groups is 1. The Morgan fingerprint density at radius 3 is 2.60 bits per heavy atom. The van der Waals surface area contributed by atoms with Crippen LogP contribution in [0.3, 0.4) is 0 Å². The molecule has 2 aromatic heterocycles. The van der Waals surface area contributed by atoms with Crippen LogP contribution >= 0.6 is 11.8 Å². The van der Waals surface area contributed by atoms with Crippen molar-refractivity contribution in [1.82, 2.24) is 14.8 Å². The molecule has 0 saturated heterocycles. The minimum atomic E-state index is 0.0867. The number of nitrogens with zero attached hydrogens (tertiary/aromatic N) is 3. The lowest BCUT2D eigenvalue weighted by Crippen LogP contribution is -2.09. The summed E-state index contributed by atoms with van der Waals surface area (Å²) >= 11 is 1.41. The average molecular weight is 355 g/mol. The Balaban J connectivity index is 1.75. The van der Waals surface area contributed by atoms with E-state index in [0.717, 1.165) is 27.9 Å². The van der Waals surface area contributed by atoms with E-state index in [9.17, 15) is 4.79 Å². The molecule has 0 amide bonds. The number of hydrogen-bond acceptors (Lipinski definition) is 5. The van der Waals surface area contributed by atoms with Crippen molar-refractivity contribution in [2.75, 3.05) is 5.75 Å². The number of Topliss-reactive ketones (excluding diaryl/α,β-unsaturated/α-hetero) is 1. The summed E-state index contributed by atoms with van der Waals surface area (Å²) in [6.07, 6.45) is 1.66. The molecule has 2 heterocycles. The molecule has 0 unspecified atom stereocenters. The predicted octanol–water partition coefficient (Wildman–Crippen LogP) is 4.33. The van der Waals surface area contributed by atoms with E-state index >= 15 is 0 Å². The molecule has 3 rings (SSSR count). The Labute approximate surface area is 151 Å². The first kappa shape index (κ1) is 17.5. The highest BCUT2D eigenvalue weighted by Crippen LogP contribution is 2.23. The van der Waals surface area contributed by atoms with Gasteiger partial charge in [-0.3, -0.25) is 9.36 Å². The molecule has 0 aliphatic rings. The van der Waals surface area contributed by atoms with Gasteiger partial charge in [-0.2, -0.15) is 0 Å². The number of carbonyl (C=O) groups excluding carboxylic acids is 1. The SMILES string of the molecule is Cc1ccc(C(=O)CSc2nnc(C(C)C)n2Cc2ccco2)cc1. The molecule has 130 valence electrons. The molecule has 0 N–H and O–H groups in total. The van der Waals surface area contributed by atoms with Gasteiger partial charge in [-0.15, -0.1) is 10.2 Å². The monoisotopic (exact) mass is 355 g/mol. The zero-order chi connectivity index (χ0) is 17.8. The molecule has 0 spiro atoms. The second-order valence-electron chi connectivity index (χ2n) is 6.24. The zero-order valence-corrected chi connectivity index (χ0v) is 15.4. The van der Waals surface area contributed by atoms with Gasteiger partial charge in [0, 0.05) is 11.5 Å². The van der Waals surface area contributed by atoms with Crippen molar-refractivity contribution in [2.45, 2.75) is 38.4 Å². The van der Waals surface area contributed by atoms with E-state index in [1.807, 2.05) is 47.9 Å². The minimum absolute atomic E-state index is 0.0867. The van der Waals surface area contributed by atoms with Crippen molar-refractivity contribution in [1.29, 1.82) is 0 Å².